The maximum absolute atomic E-state index is 13.1. The minimum absolute atomic E-state index is 0.0293. The normalized spacial score (nSPS) is 12.6. The summed E-state index contributed by atoms with van der Waals surface area (Å²) in [7, 11) is -14.6. The van der Waals surface area contributed by atoms with Crippen LogP contribution in [0.25, 0.3) is 10.8 Å². The van der Waals surface area contributed by atoms with Gasteiger partial charge < -0.3 is 5.11 Å². The van der Waals surface area contributed by atoms with Crippen molar-refractivity contribution in [1.29, 1.82) is 0 Å². The van der Waals surface area contributed by atoms with Crippen LogP contribution in [0.15, 0.2) is 91.6 Å². The molecule has 0 atom stereocenters. The van der Waals surface area contributed by atoms with Gasteiger partial charge in [-0.25, -0.2) is 8.42 Å². The summed E-state index contributed by atoms with van der Waals surface area (Å²) in [6.45, 7) is 1.71. The van der Waals surface area contributed by atoms with Crippen LogP contribution in [0.4, 0.5) is 22.7 Å². The molecule has 0 aliphatic rings. The fraction of sp³-hybridized carbons (Fsp3) is 0.0435. The van der Waals surface area contributed by atoms with Crippen molar-refractivity contribution in [2.24, 2.45) is 10.2 Å². The van der Waals surface area contributed by atoms with Crippen LogP contribution in [0, 0.1) is 17.0 Å². The largest absolute Gasteiger partial charge is 0.505 e. The summed E-state index contributed by atoms with van der Waals surface area (Å²) >= 11 is 0. The van der Waals surface area contributed by atoms with Gasteiger partial charge in [-0.3, -0.25) is 23.9 Å². The maximum Gasteiger partial charge on any atom is 0.296 e. The molecule has 214 valence electrons. The van der Waals surface area contributed by atoms with E-state index in [1.165, 1.54) is 24.3 Å². The molecule has 4 aromatic carbocycles. The highest BCUT2D eigenvalue weighted by molar-refractivity contribution is 7.92. The van der Waals surface area contributed by atoms with E-state index in [1.807, 2.05) is 0 Å². The van der Waals surface area contributed by atoms with E-state index in [4.69, 9.17) is 0 Å². The van der Waals surface area contributed by atoms with E-state index in [0.29, 0.717) is 12.1 Å². The molecule has 0 fully saturated rings. The Morgan fingerprint density at radius 1 is 0.805 bits per heavy atom. The number of nitrogens with zero attached hydrogens (tertiary/aromatic N) is 3. The standard InChI is InChI=1S/C23H18N4O11S3/c1-13-2-8-17(9-3-13)39(31,32)26-19-12-18(40(33,34)35)10-14-11-20(41(36,37)38)22(23(28)21(14)19)25-24-15-4-6-16(7-5-15)27(29)30/h2-12,26,28H,1H3,(H,33,34,35)(H,36,37,38). The molecule has 0 bridgehead atoms. The van der Waals surface area contributed by atoms with E-state index in [9.17, 15) is 49.6 Å². The number of benzene rings is 4. The van der Waals surface area contributed by atoms with E-state index >= 15 is 0 Å². The lowest BCUT2D eigenvalue weighted by Crippen LogP contribution is -2.14. The van der Waals surface area contributed by atoms with Crippen molar-refractivity contribution in [3.63, 3.8) is 0 Å². The molecular weight excluding hydrogens is 604 g/mol. The van der Waals surface area contributed by atoms with Gasteiger partial charge in [0.25, 0.3) is 35.9 Å². The zero-order valence-corrected chi connectivity index (χ0v) is 23.0. The quantitative estimate of drug-likeness (QED) is 0.0924. The van der Waals surface area contributed by atoms with Crippen LogP contribution in [0.3, 0.4) is 0 Å². The van der Waals surface area contributed by atoms with Gasteiger partial charge in [0.05, 0.1) is 31.5 Å². The van der Waals surface area contributed by atoms with Gasteiger partial charge in [0.2, 0.25) is 0 Å². The van der Waals surface area contributed by atoms with Crippen molar-refractivity contribution < 1.29 is 44.4 Å². The lowest BCUT2D eigenvalue weighted by Gasteiger charge is -2.16. The fourth-order valence-corrected chi connectivity index (χ4v) is 5.92. The third kappa shape index (κ3) is 6.31. The topological polar surface area (TPSA) is 243 Å². The number of anilines is 1. The summed E-state index contributed by atoms with van der Waals surface area (Å²) in [5.41, 5.74) is -1.04. The Balaban J connectivity index is 1.99. The number of non-ortho nitro benzene ring substituents is 1. The Labute approximate surface area is 232 Å². The first kappa shape index (κ1) is 29.5. The lowest BCUT2D eigenvalue weighted by molar-refractivity contribution is -0.384. The van der Waals surface area contributed by atoms with E-state index in [2.05, 4.69) is 15.0 Å². The Kier molecular flexibility index (Phi) is 7.54. The van der Waals surface area contributed by atoms with Crippen LogP contribution in [-0.2, 0) is 30.3 Å². The molecule has 0 aliphatic heterocycles. The monoisotopic (exact) mass is 622 g/mol. The van der Waals surface area contributed by atoms with Gasteiger partial charge in [0.1, 0.15) is 10.6 Å². The van der Waals surface area contributed by atoms with Gasteiger partial charge in [0, 0.05) is 12.1 Å². The van der Waals surface area contributed by atoms with Crippen molar-refractivity contribution in [3.8, 4) is 5.75 Å². The van der Waals surface area contributed by atoms with Crippen LogP contribution in [0.1, 0.15) is 5.56 Å². The molecule has 0 saturated carbocycles. The average Bonchev–Trinajstić information content (AvgIpc) is 2.87. The van der Waals surface area contributed by atoms with Gasteiger partial charge in [-0.05, 0) is 54.8 Å². The molecule has 0 amide bonds. The van der Waals surface area contributed by atoms with Crippen molar-refractivity contribution in [2.75, 3.05) is 4.72 Å². The first-order valence-corrected chi connectivity index (χ1v) is 15.4. The van der Waals surface area contributed by atoms with Gasteiger partial charge in [0.15, 0.2) is 5.75 Å². The number of phenolic OH excluding ortho intramolecular Hbond substituents is 1. The van der Waals surface area contributed by atoms with Crippen molar-refractivity contribution in [2.45, 2.75) is 21.6 Å². The minimum Gasteiger partial charge on any atom is -0.505 e. The lowest BCUT2D eigenvalue weighted by atomic mass is 10.1. The predicted octanol–water partition coefficient (Wildman–Crippen LogP) is 4.47. The van der Waals surface area contributed by atoms with E-state index in [-0.39, 0.29) is 16.3 Å². The molecule has 0 radical (unpaired) electrons. The van der Waals surface area contributed by atoms with Crippen LogP contribution in [0.5, 0.6) is 5.75 Å². The summed E-state index contributed by atoms with van der Waals surface area (Å²) in [6, 6.07) is 12.1. The number of azo groups is 1. The Hall–Kier alpha value is -4.49. The van der Waals surface area contributed by atoms with E-state index in [0.717, 1.165) is 35.9 Å². The Morgan fingerprint density at radius 3 is 1.95 bits per heavy atom. The van der Waals surface area contributed by atoms with Gasteiger partial charge in [-0.1, -0.05) is 17.7 Å². The summed E-state index contributed by atoms with van der Waals surface area (Å²) in [5, 5.41) is 28.5. The fourth-order valence-electron chi connectivity index (χ4n) is 3.65. The van der Waals surface area contributed by atoms with E-state index in [1.54, 1.807) is 6.92 Å². The molecule has 15 nitrogen and oxygen atoms in total. The second-order valence-electron chi connectivity index (χ2n) is 8.48. The molecule has 0 aromatic heterocycles. The van der Waals surface area contributed by atoms with Crippen molar-refractivity contribution in [1.82, 2.24) is 0 Å². The number of sulfonamides is 1. The summed E-state index contributed by atoms with van der Waals surface area (Å²) in [5.74, 6) is -1.04. The molecular formula is C23H18N4O11S3. The third-order valence-electron chi connectivity index (χ3n) is 5.60. The highest BCUT2D eigenvalue weighted by Gasteiger charge is 2.27. The number of hydrogen-bond acceptors (Lipinski definition) is 11. The SMILES string of the molecule is Cc1ccc(S(=O)(=O)Nc2cc(S(=O)(=O)O)cc3cc(S(=O)(=O)O)c(N=Nc4ccc([N+](=O)[O-])cc4)c(O)c23)cc1. The number of aryl methyl sites for hydroxylation is 1. The molecule has 0 aliphatic carbocycles. The molecule has 4 N–H and O–H groups in total. The molecule has 41 heavy (non-hydrogen) atoms. The molecule has 4 aromatic rings. The molecule has 4 rings (SSSR count). The van der Waals surface area contributed by atoms with Crippen LogP contribution >= 0.6 is 0 Å². The molecule has 0 spiro atoms. The minimum atomic E-state index is -5.17. The average molecular weight is 623 g/mol. The van der Waals surface area contributed by atoms with E-state index < -0.39 is 72.9 Å². The third-order valence-corrected chi connectivity index (χ3v) is 8.68. The van der Waals surface area contributed by atoms with Gasteiger partial charge in [-0.2, -0.15) is 21.9 Å². The Morgan fingerprint density at radius 2 is 1.41 bits per heavy atom. The summed E-state index contributed by atoms with van der Waals surface area (Å²) < 4.78 is 96.0. The van der Waals surface area contributed by atoms with Crippen LogP contribution < -0.4 is 4.72 Å². The second-order valence-corrected chi connectivity index (χ2v) is 13.0. The predicted molar refractivity (Wildman–Crippen MR) is 145 cm³/mol. The zero-order valence-electron chi connectivity index (χ0n) is 20.5. The number of rotatable bonds is 8. The zero-order chi connectivity index (χ0) is 30.3. The number of nitrogens with one attached hydrogen (secondary N) is 1. The summed E-state index contributed by atoms with van der Waals surface area (Å²) in [4.78, 5) is 8.02. The molecule has 0 heterocycles. The summed E-state index contributed by atoms with van der Waals surface area (Å²) in [6.07, 6.45) is 0. The number of phenols is 1. The number of nitro benzene ring substituents is 1. The maximum atomic E-state index is 13.1. The molecule has 0 saturated heterocycles. The van der Waals surface area contributed by atoms with Crippen molar-refractivity contribution in [3.05, 3.63) is 82.4 Å². The smallest absolute Gasteiger partial charge is 0.296 e. The first-order valence-electron chi connectivity index (χ1n) is 11.0. The van der Waals surface area contributed by atoms with Crippen LogP contribution in [0.2, 0.25) is 0 Å². The van der Waals surface area contributed by atoms with Crippen molar-refractivity contribution >= 4 is 63.8 Å². The number of nitro groups is 1. The Bertz CT molecular complexity index is 2060. The first-order chi connectivity index (χ1) is 19.0. The highest BCUT2D eigenvalue weighted by Crippen LogP contribution is 2.45. The van der Waals surface area contributed by atoms with Crippen LogP contribution in [-0.4, -0.2) is 44.4 Å². The number of hydrogen-bond donors (Lipinski definition) is 4. The highest BCUT2D eigenvalue weighted by atomic mass is 32.2. The number of aromatic hydroxyl groups is 1. The van der Waals surface area contributed by atoms with Gasteiger partial charge >= 0.3 is 0 Å². The van der Waals surface area contributed by atoms with Gasteiger partial charge in [-0.15, -0.1) is 5.11 Å². The molecule has 18 heteroatoms. The second kappa shape index (κ2) is 10.5. The number of fused-ring (bicyclic) bond motifs is 1. The molecule has 0 unspecified atom stereocenters.